The third-order valence-electron chi connectivity index (χ3n) is 5.53. The lowest BCUT2D eigenvalue weighted by molar-refractivity contribution is -0.900. The zero-order valence-corrected chi connectivity index (χ0v) is 15.3. The number of rotatable bonds is 8. The number of quaternary nitrogens is 1. The van der Waals surface area contributed by atoms with Crippen LogP contribution in [-0.2, 0) is 0 Å². The first-order valence-electron chi connectivity index (χ1n) is 9.05. The summed E-state index contributed by atoms with van der Waals surface area (Å²) in [6.07, 6.45) is 10.1. The van der Waals surface area contributed by atoms with Gasteiger partial charge in [0.05, 0.1) is 27.2 Å². The molecule has 0 aliphatic heterocycles. The molecule has 1 rings (SSSR count). The summed E-state index contributed by atoms with van der Waals surface area (Å²) in [6, 6.07) is 0.876. The van der Waals surface area contributed by atoms with E-state index in [1.807, 2.05) is 0 Å². The fourth-order valence-corrected chi connectivity index (χ4v) is 4.42. The Kier molecular flexibility index (Phi) is 7.04. The van der Waals surface area contributed by atoms with Gasteiger partial charge in [-0.25, -0.2) is 0 Å². The molecule has 0 aromatic rings. The minimum Gasteiger partial charge on any atom is -0.328 e. The molecule has 0 aromatic carbocycles. The molecule has 0 heterocycles. The minimum absolute atomic E-state index is 0.856. The monoisotopic (exact) mass is 282 g/mol. The summed E-state index contributed by atoms with van der Waals surface area (Å²) in [4.78, 5) is 0. The van der Waals surface area contributed by atoms with Crippen LogP contribution in [0.25, 0.3) is 0 Å². The first-order chi connectivity index (χ1) is 9.24. The fourth-order valence-electron chi connectivity index (χ4n) is 4.42. The van der Waals surface area contributed by atoms with Gasteiger partial charge in [0, 0.05) is 5.92 Å². The summed E-state index contributed by atoms with van der Waals surface area (Å²) in [5.74, 6) is 3.74. The van der Waals surface area contributed by atoms with E-state index in [0.717, 1.165) is 34.2 Å². The van der Waals surface area contributed by atoms with Crippen LogP contribution in [0, 0.1) is 23.7 Å². The maximum absolute atomic E-state index is 2.44. The van der Waals surface area contributed by atoms with Gasteiger partial charge in [-0.1, -0.05) is 40.5 Å². The highest BCUT2D eigenvalue weighted by Gasteiger charge is 2.36. The van der Waals surface area contributed by atoms with Gasteiger partial charge in [0.15, 0.2) is 0 Å². The Bertz CT molecular complexity index is 263. The Morgan fingerprint density at radius 1 is 1.05 bits per heavy atom. The number of hydrogen-bond acceptors (Lipinski definition) is 0. The van der Waals surface area contributed by atoms with Crippen LogP contribution in [0.3, 0.4) is 0 Å². The second kappa shape index (κ2) is 7.82. The molecule has 0 aromatic heterocycles. The Morgan fingerprint density at radius 2 is 1.70 bits per heavy atom. The standard InChI is InChI=1S/C19H40N/c1-8-17(13-15(2)3)10-12-19(20(5,6)7)18-11-9-16(4)14-18/h15-19H,8-14H2,1-7H3/q+1. The summed E-state index contributed by atoms with van der Waals surface area (Å²) in [7, 11) is 7.24. The molecular weight excluding hydrogens is 242 g/mol. The van der Waals surface area contributed by atoms with Crippen molar-refractivity contribution in [3.63, 3.8) is 0 Å². The number of hydrogen-bond donors (Lipinski definition) is 0. The van der Waals surface area contributed by atoms with E-state index in [0.29, 0.717) is 0 Å². The molecule has 0 bridgehead atoms. The van der Waals surface area contributed by atoms with Crippen molar-refractivity contribution in [2.75, 3.05) is 21.1 Å². The second-order valence-corrected chi connectivity index (χ2v) is 8.84. The smallest absolute Gasteiger partial charge is 0.0912 e. The van der Waals surface area contributed by atoms with Crippen molar-refractivity contribution in [1.82, 2.24) is 0 Å². The molecule has 1 fully saturated rings. The minimum atomic E-state index is 0.856. The molecule has 1 aliphatic carbocycles. The van der Waals surface area contributed by atoms with E-state index in [1.165, 1.54) is 44.9 Å². The summed E-state index contributed by atoms with van der Waals surface area (Å²) in [5, 5.41) is 0. The van der Waals surface area contributed by atoms with Gasteiger partial charge >= 0.3 is 0 Å². The predicted molar refractivity (Wildman–Crippen MR) is 90.8 cm³/mol. The number of nitrogens with zero attached hydrogens (tertiary/aromatic N) is 1. The van der Waals surface area contributed by atoms with Crippen LogP contribution in [-0.4, -0.2) is 31.7 Å². The molecular formula is C19H40N+. The van der Waals surface area contributed by atoms with Gasteiger partial charge in [-0.05, 0) is 49.9 Å². The van der Waals surface area contributed by atoms with E-state index in [2.05, 4.69) is 48.8 Å². The van der Waals surface area contributed by atoms with Crippen LogP contribution in [0.2, 0.25) is 0 Å². The second-order valence-electron chi connectivity index (χ2n) is 8.84. The van der Waals surface area contributed by atoms with E-state index in [1.54, 1.807) is 0 Å². The van der Waals surface area contributed by atoms with Crippen molar-refractivity contribution in [3.8, 4) is 0 Å². The van der Waals surface area contributed by atoms with Gasteiger partial charge < -0.3 is 4.48 Å². The molecule has 1 aliphatic rings. The van der Waals surface area contributed by atoms with Crippen molar-refractivity contribution in [2.24, 2.45) is 23.7 Å². The maximum atomic E-state index is 2.44. The molecule has 0 radical (unpaired) electrons. The molecule has 0 spiro atoms. The van der Waals surface area contributed by atoms with E-state index in [-0.39, 0.29) is 0 Å². The molecule has 1 heteroatoms. The third-order valence-corrected chi connectivity index (χ3v) is 5.53. The van der Waals surface area contributed by atoms with E-state index in [9.17, 15) is 0 Å². The SMILES string of the molecule is CCC(CCC(C1CCC(C)C1)[N+](C)(C)C)CC(C)C. The summed E-state index contributed by atoms with van der Waals surface area (Å²) < 4.78 is 1.16. The molecule has 120 valence electrons. The lowest BCUT2D eigenvalue weighted by Gasteiger charge is -2.39. The van der Waals surface area contributed by atoms with Crippen LogP contribution >= 0.6 is 0 Å². The van der Waals surface area contributed by atoms with Gasteiger partial charge in [0.1, 0.15) is 0 Å². The largest absolute Gasteiger partial charge is 0.328 e. The van der Waals surface area contributed by atoms with Crippen LogP contribution < -0.4 is 0 Å². The highest BCUT2D eigenvalue weighted by atomic mass is 15.3. The molecule has 4 atom stereocenters. The van der Waals surface area contributed by atoms with E-state index >= 15 is 0 Å². The quantitative estimate of drug-likeness (QED) is 0.526. The zero-order valence-electron chi connectivity index (χ0n) is 15.3. The van der Waals surface area contributed by atoms with E-state index in [4.69, 9.17) is 0 Å². The Labute approximate surface area is 128 Å². The van der Waals surface area contributed by atoms with Crippen molar-refractivity contribution in [2.45, 2.75) is 78.7 Å². The van der Waals surface area contributed by atoms with E-state index < -0.39 is 0 Å². The normalized spacial score (nSPS) is 27.0. The van der Waals surface area contributed by atoms with Crippen molar-refractivity contribution in [3.05, 3.63) is 0 Å². The molecule has 1 nitrogen and oxygen atoms in total. The molecule has 4 unspecified atom stereocenters. The fraction of sp³-hybridized carbons (Fsp3) is 1.00. The van der Waals surface area contributed by atoms with Gasteiger partial charge in [-0.15, -0.1) is 0 Å². The van der Waals surface area contributed by atoms with Crippen molar-refractivity contribution < 1.29 is 4.48 Å². The topological polar surface area (TPSA) is 0 Å². The lowest BCUT2D eigenvalue weighted by atomic mass is 9.85. The van der Waals surface area contributed by atoms with Gasteiger partial charge in [0.2, 0.25) is 0 Å². The lowest BCUT2D eigenvalue weighted by Crippen LogP contribution is -2.49. The molecule has 1 saturated carbocycles. The predicted octanol–water partition coefficient (Wildman–Crippen LogP) is 5.35. The summed E-state index contributed by atoms with van der Waals surface area (Å²) in [6.45, 7) is 9.57. The highest BCUT2D eigenvalue weighted by molar-refractivity contribution is 4.80. The molecule has 20 heavy (non-hydrogen) atoms. The summed E-state index contributed by atoms with van der Waals surface area (Å²) in [5.41, 5.74) is 0. The van der Waals surface area contributed by atoms with Gasteiger partial charge in [-0.2, -0.15) is 0 Å². The van der Waals surface area contributed by atoms with Gasteiger partial charge in [-0.3, -0.25) is 0 Å². The Hall–Kier alpha value is -0.0400. The van der Waals surface area contributed by atoms with Crippen LogP contribution in [0.1, 0.15) is 72.6 Å². The third kappa shape index (κ3) is 5.76. The Balaban J connectivity index is 2.57. The Morgan fingerprint density at radius 3 is 2.10 bits per heavy atom. The van der Waals surface area contributed by atoms with Crippen LogP contribution in [0.5, 0.6) is 0 Å². The van der Waals surface area contributed by atoms with Crippen LogP contribution in [0.15, 0.2) is 0 Å². The van der Waals surface area contributed by atoms with Gasteiger partial charge in [0.25, 0.3) is 0 Å². The maximum Gasteiger partial charge on any atom is 0.0912 e. The zero-order chi connectivity index (χ0) is 15.3. The summed E-state index contributed by atoms with van der Waals surface area (Å²) >= 11 is 0. The van der Waals surface area contributed by atoms with Crippen molar-refractivity contribution >= 4 is 0 Å². The molecule has 0 saturated heterocycles. The average molecular weight is 283 g/mol. The highest BCUT2D eigenvalue weighted by Crippen LogP contribution is 2.38. The first-order valence-corrected chi connectivity index (χ1v) is 9.05. The average Bonchev–Trinajstić information content (AvgIpc) is 2.72. The first kappa shape index (κ1) is 18.0. The molecule has 0 amide bonds. The molecule has 0 N–H and O–H groups in total. The van der Waals surface area contributed by atoms with Crippen LogP contribution in [0.4, 0.5) is 0 Å². The van der Waals surface area contributed by atoms with Crippen molar-refractivity contribution in [1.29, 1.82) is 0 Å².